The number of anilines is 1. The van der Waals surface area contributed by atoms with Gasteiger partial charge >= 0.3 is 0 Å². The highest BCUT2D eigenvalue weighted by Gasteiger charge is 2.10. The standard InChI is InChI=1S/C15H15ClN4O4/c1-3-24-13-7-10(6-12(16)15(13)23-2)8-18-19-14-5-4-11(9-17-14)20(21)22/h4-9H,3H2,1-2H3,(H,17,19)/b18-8-. The summed E-state index contributed by atoms with van der Waals surface area (Å²) in [6.45, 7) is 2.33. The van der Waals surface area contributed by atoms with Gasteiger partial charge in [0.05, 0.1) is 29.9 Å². The summed E-state index contributed by atoms with van der Waals surface area (Å²) < 4.78 is 10.7. The number of hydrogen-bond acceptors (Lipinski definition) is 7. The van der Waals surface area contributed by atoms with Crippen molar-refractivity contribution in [3.8, 4) is 11.5 Å². The van der Waals surface area contributed by atoms with Crippen LogP contribution in [0.5, 0.6) is 11.5 Å². The van der Waals surface area contributed by atoms with Crippen molar-refractivity contribution in [2.24, 2.45) is 5.10 Å². The lowest BCUT2D eigenvalue weighted by Crippen LogP contribution is -1.98. The van der Waals surface area contributed by atoms with Crippen molar-refractivity contribution in [3.05, 3.63) is 51.2 Å². The molecule has 0 atom stereocenters. The molecule has 0 bridgehead atoms. The lowest BCUT2D eigenvalue weighted by Gasteiger charge is -2.11. The van der Waals surface area contributed by atoms with Crippen LogP contribution < -0.4 is 14.9 Å². The van der Waals surface area contributed by atoms with Crippen LogP contribution >= 0.6 is 11.6 Å². The molecule has 0 saturated heterocycles. The molecule has 0 spiro atoms. The van der Waals surface area contributed by atoms with Gasteiger partial charge in [0.25, 0.3) is 5.69 Å². The van der Waals surface area contributed by atoms with Gasteiger partial charge in [-0.25, -0.2) is 4.98 Å². The van der Waals surface area contributed by atoms with Crippen LogP contribution in [-0.4, -0.2) is 29.8 Å². The Labute approximate surface area is 143 Å². The van der Waals surface area contributed by atoms with Crippen LogP contribution in [0.15, 0.2) is 35.6 Å². The molecular weight excluding hydrogens is 336 g/mol. The normalized spacial score (nSPS) is 10.6. The molecular formula is C15H15ClN4O4. The quantitative estimate of drug-likeness (QED) is 0.466. The molecule has 0 fully saturated rings. The second kappa shape index (κ2) is 8.11. The summed E-state index contributed by atoms with van der Waals surface area (Å²) in [7, 11) is 1.51. The van der Waals surface area contributed by atoms with Crippen molar-refractivity contribution in [1.29, 1.82) is 0 Å². The zero-order valence-electron chi connectivity index (χ0n) is 13.0. The largest absolute Gasteiger partial charge is 0.491 e. The number of hydrazone groups is 1. The van der Waals surface area contributed by atoms with Gasteiger partial charge in [-0.3, -0.25) is 15.5 Å². The van der Waals surface area contributed by atoms with Gasteiger partial charge in [0.1, 0.15) is 12.0 Å². The summed E-state index contributed by atoms with van der Waals surface area (Å²) in [6, 6.07) is 6.21. The molecule has 1 N–H and O–H groups in total. The summed E-state index contributed by atoms with van der Waals surface area (Å²) in [4.78, 5) is 13.9. The van der Waals surface area contributed by atoms with E-state index in [-0.39, 0.29) is 5.69 Å². The molecule has 0 unspecified atom stereocenters. The number of aromatic nitrogens is 1. The number of benzene rings is 1. The third-order valence-corrected chi connectivity index (χ3v) is 3.17. The molecule has 0 aliphatic carbocycles. The fourth-order valence-electron chi connectivity index (χ4n) is 1.86. The van der Waals surface area contributed by atoms with E-state index in [9.17, 15) is 10.1 Å². The van der Waals surface area contributed by atoms with Gasteiger partial charge in [-0.05, 0) is 30.7 Å². The molecule has 2 rings (SSSR count). The first-order valence-corrected chi connectivity index (χ1v) is 7.32. The highest BCUT2D eigenvalue weighted by molar-refractivity contribution is 6.32. The molecule has 0 aliphatic heterocycles. The molecule has 0 saturated carbocycles. The molecule has 1 heterocycles. The zero-order chi connectivity index (χ0) is 17.5. The van der Waals surface area contributed by atoms with E-state index in [2.05, 4.69) is 15.5 Å². The first-order chi connectivity index (χ1) is 11.5. The molecule has 24 heavy (non-hydrogen) atoms. The smallest absolute Gasteiger partial charge is 0.287 e. The lowest BCUT2D eigenvalue weighted by molar-refractivity contribution is -0.385. The van der Waals surface area contributed by atoms with E-state index in [1.807, 2.05) is 6.92 Å². The summed E-state index contributed by atoms with van der Waals surface area (Å²) in [5, 5.41) is 15.0. The monoisotopic (exact) mass is 350 g/mol. The van der Waals surface area contributed by atoms with Crippen LogP contribution in [0.2, 0.25) is 5.02 Å². The van der Waals surface area contributed by atoms with E-state index in [1.54, 1.807) is 12.1 Å². The number of methoxy groups -OCH3 is 1. The Morgan fingerprint density at radius 3 is 2.83 bits per heavy atom. The number of ether oxygens (including phenoxy) is 2. The third kappa shape index (κ3) is 4.32. The molecule has 9 heteroatoms. The van der Waals surface area contributed by atoms with E-state index in [4.69, 9.17) is 21.1 Å². The van der Waals surface area contributed by atoms with Crippen LogP contribution in [0.1, 0.15) is 12.5 Å². The van der Waals surface area contributed by atoms with Crippen LogP contribution in [-0.2, 0) is 0 Å². The van der Waals surface area contributed by atoms with E-state index in [0.29, 0.717) is 34.5 Å². The second-order valence-electron chi connectivity index (χ2n) is 4.50. The molecule has 0 aliphatic rings. The Balaban J connectivity index is 2.12. The first kappa shape index (κ1) is 17.5. The van der Waals surface area contributed by atoms with Crippen LogP contribution in [0.3, 0.4) is 0 Å². The fourth-order valence-corrected chi connectivity index (χ4v) is 2.15. The molecule has 126 valence electrons. The average molecular weight is 351 g/mol. The number of halogens is 1. The van der Waals surface area contributed by atoms with E-state index >= 15 is 0 Å². The Hall–Kier alpha value is -2.87. The van der Waals surface area contributed by atoms with Gasteiger partial charge in [-0.1, -0.05) is 11.6 Å². The highest BCUT2D eigenvalue weighted by Crippen LogP contribution is 2.35. The minimum atomic E-state index is -0.519. The van der Waals surface area contributed by atoms with Crippen molar-refractivity contribution in [2.75, 3.05) is 19.1 Å². The molecule has 0 radical (unpaired) electrons. The number of hydrogen-bond donors (Lipinski definition) is 1. The molecule has 1 aromatic heterocycles. The van der Waals surface area contributed by atoms with Crippen molar-refractivity contribution < 1.29 is 14.4 Å². The Morgan fingerprint density at radius 1 is 1.46 bits per heavy atom. The summed E-state index contributed by atoms with van der Waals surface area (Å²) in [5.74, 6) is 1.35. The molecule has 1 aromatic carbocycles. The third-order valence-electron chi connectivity index (χ3n) is 2.89. The van der Waals surface area contributed by atoms with Gasteiger partial charge in [0.15, 0.2) is 11.5 Å². The van der Waals surface area contributed by atoms with Gasteiger partial charge in [0.2, 0.25) is 0 Å². The van der Waals surface area contributed by atoms with Crippen molar-refractivity contribution in [1.82, 2.24) is 4.98 Å². The van der Waals surface area contributed by atoms with Crippen molar-refractivity contribution in [2.45, 2.75) is 6.92 Å². The minimum absolute atomic E-state index is 0.0900. The predicted octanol–water partition coefficient (Wildman–Crippen LogP) is 3.50. The fraction of sp³-hybridized carbons (Fsp3) is 0.200. The average Bonchev–Trinajstić information content (AvgIpc) is 2.55. The summed E-state index contributed by atoms with van der Waals surface area (Å²) >= 11 is 6.15. The number of nitrogens with one attached hydrogen (secondary N) is 1. The lowest BCUT2D eigenvalue weighted by atomic mass is 10.2. The van der Waals surface area contributed by atoms with Gasteiger partial charge in [-0.15, -0.1) is 0 Å². The maximum Gasteiger partial charge on any atom is 0.287 e. The SMILES string of the molecule is CCOc1cc(/C=N\Nc2ccc([N+](=O)[O-])cn2)cc(Cl)c1OC. The van der Waals surface area contributed by atoms with Crippen LogP contribution in [0.25, 0.3) is 0 Å². The van der Waals surface area contributed by atoms with Gasteiger partial charge < -0.3 is 9.47 Å². The number of pyridine rings is 1. The second-order valence-corrected chi connectivity index (χ2v) is 4.90. The maximum absolute atomic E-state index is 10.6. The van der Waals surface area contributed by atoms with Gasteiger partial charge in [0, 0.05) is 6.07 Å². The molecule has 0 amide bonds. The number of nitrogens with zero attached hydrogens (tertiary/aromatic N) is 3. The highest BCUT2D eigenvalue weighted by atomic mass is 35.5. The van der Waals surface area contributed by atoms with Crippen molar-refractivity contribution >= 4 is 29.3 Å². The summed E-state index contributed by atoms with van der Waals surface area (Å²) in [6.07, 6.45) is 2.67. The molecule has 8 nitrogen and oxygen atoms in total. The van der Waals surface area contributed by atoms with Crippen molar-refractivity contribution in [3.63, 3.8) is 0 Å². The topological polar surface area (TPSA) is 98.9 Å². The Bertz CT molecular complexity index is 750. The molecule has 2 aromatic rings. The van der Waals surface area contributed by atoms with Crippen LogP contribution in [0.4, 0.5) is 11.5 Å². The number of nitro groups is 1. The van der Waals surface area contributed by atoms with E-state index in [0.717, 1.165) is 6.20 Å². The Kier molecular flexibility index (Phi) is 5.91. The van der Waals surface area contributed by atoms with E-state index in [1.165, 1.54) is 25.5 Å². The zero-order valence-corrected chi connectivity index (χ0v) is 13.8. The van der Waals surface area contributed by atoms with E-state index < -0.39 is 4.92 Å². The summed E-state index contributed by atoms with van der Waals surface area (Å²) in [5.41, 5.74) is 3.28. The number of rotatable bonds is 7. The minimum Gasteiger partial charge on any atom is -0.491 e. The first-order valence-electron chi connectivity index (χ1n) is 6.95. The predicted molar refractivity (Wildman–Crippen MR) is 91.3 cm³/mol. The maximum atomic E-state index is 10.6. The Morgan fingerprint density at radius 2 is 2.25 bits per heavy atom. The van der Waals surface area contributed by atoms with Crippen LogP contribution in [0, 0.1) is 10.1 Å². The van der Waals surface area contributed by atoms with Gasteiger partial charge in [-0.2, -0.15) is 5.10 Å².